The van der Waals surface area contributed by atoms with Gasteiger partial charge in [0.25, 0.3) is 0 Å². The molecule has 0 aliphatic rings. The first-order valence-corrected chi connectivity index (χ1v) is 11.3. The molecule has 4 rings (SSSR count). The first-order valence-electron chi connectivity index (χ1n) is 10.3. The van der Waals surface area contributed by atoms with Crippen LogP contribution in [0.4, 0.5) is 11.4 Å². The number of aryl methyl sites for hydroxylation is 2. The molecule has 0 aliphatic carbocycles. The minimum absolute atomic E-state index is 0.270. The van der Waals surface area contributed by atoms with Crippen LogP contribution < -0.4 is 4.31 Å². The van der Waals surface area contributed by atoms with Crippen molar-refractivity contribution in [1.29, 1.82) is 0 Å². The normalized spacial score (nSPS) is 11.9. The summed E-state index contributed by atoms with van der Waals surface area (Å²) in [7, 11) is 0. The minimum Gasteiger partial charge on any atom is -0.755 e. The topological polar surface area (TPSA) is 80.7 Å². The minimum atomic E-state index is -2.49. The zero-order chi connectivity index (χ0) is 22.5. The van der Waals surface area contributed by atoms with Crippen molar-refractivity contribution >= 4 is 39.4 Å². The van der Waals surface area contributed by atoms with E-state index in [9.17, 15) is 18.7 Å². The Hall–Kier alpha value is -3.48. The fourth-order valence-corrected chi connectivity index (χ4v) is 4.50. The van der Waals surface area contributed by atoms with Gasteiger partial charge in [-0.25, -0.2) is 4.79 Å². The van der Waals surface area contributed by atoms with Crippen LogP contribution in [0.25, 0.3) is 10.8 Å². The lowest BCUT2D eigenvalue weighted by atomic mass is 10.0. The Morgan fingerprint density at radius 2 is 1.59 bits per heavy atom. The van der Waals surface area contributed by atoms with E-state index in [1.54, 1.807) is 18.2 Å². The highest BCUT2D eigenvalue weighted by Crippen LogP contribution is 2.32. The molecule has 0 saturated carbocycles. The van der Waals surface area contributed by atoms with Crippen LogP contribution in [0, 0.1) is 0 Å². The van der Waals surface area contributed by atoms with Gasteiger partial charge in [-0.2, -0.15) is 0 Å². The highest BCUT2D eigenvalue weighted by molar-refractivity contribution is 7.81. The van der Waals surface area contributed by atoms with Crippen molar-refractivity contribution in [3.05, 3.63) is 108 Å². The largest absolute Gasteiger partial charge is 0.755 e. The van der Waals surface area contributed by atoms with E-state index in [2.05, 4.69) is 0 Å². The number of fused-ring (bicyclic) bond motifs is 1. The van der Waals surface area contributed by atoms with Crippen molar-refractivity contribution in [3.63, 3.8) is 0 Å². The number of para-hydroxylation sites is 1. The van der Waals surface area contributed by atoms with Crippen LogP contribution in [0.3, 0.4) is 0 Å². The number of carbonyl (C=O) groups is 1. The molecule has 1 N–H and O–H groups in total. The van der Waals surface area contributed by atoms with Gasteiger partial charge in [0, 0.05) is 0 Å². The first kappa shape index (κ1) is 21.7. The number of hydrogen-bond acceptors (Lipinski definition) is 3. The van der Waals surface area contributed by atoms with Gasteiger partial charge in [-0.1, -0.05) is 60.7 Å². The van der Waals surface area contributed by atoms with E-state index in [0.29, 0.717) is 24.2 Å². The van der Waals surface area contributed by atoms with Crippen LogP contribution >= 0.6 is 0 Å². The van der Waals surface area contributed by atoms with E-state index in [-0.39, 0.29) is 5.56 Å². The van der Waals surface area contributed by atoms with Gasteiger partial charge in [-0.3, -0.25) is 8.51 Å². The Balaban J connectivity index is 1.58. The Labute approximate surface area is 189 Å². The molecule has 162 valence electrons. The molecule has 0 bridgehead atoms. The van der Waals surface area contributed by atoms with E-state index >= 15 is 0 Å². The Kier molecular flexibility index (Phi) is 6.63. The molecular weight excluding hydrogens is 422 g/mol. The van der Waals surface area contributed by atoms with Gasteiger partial charge in [0.15, 0.2) is 0 Å². The summed E-state index contributed by atoms with van der Waals surface area (Å²) < 4.78 is 25.8. The van der Waals surface area contributed by atoms with Gasteiger partial charge in [0.05, 0.1) is 28.2 Å². The van der Waals surface area contributed by atoms with Crippen molar-refractivity contribution in [2.75, 3.05) is 4.31 Å². The summed E-state index contributed by atoms with van der Waals surface area (Å²) in [6.07, 6.45) is 2.12. The second-order valence-corrected chi connectivity index (χ2v) is 8.33. The predicted molar refractivity (Wildman–Crippen MR) is 127 cm³/mol. The summed E-state index contributed by atoms with van der Waals surface area (Å²) in [5.74, 6) is -0.943. The number of rotatable bonds is 8. The second-order valence-electron chi connectivity index (χ2n) is 7.53. The van der Waals surface area contributed by atoms with E-state index in [4.69, 9.17) is 0 Å². The summed E-state index contributed by atoms with van der Waals surface area (Å²) in [6, 6.07) is 27.8. The number of nitrogens with zero attached hydrogens (tertiary/aromatic N) is 1. The van der Waals surface area contributed by atoms with Crippen LogP contribution in [0.1, 0.15) is 27.9 Å². The maximum atomic E-state index is 12.3. The molecule has 1 unspecified atom stereocenters. The molecule has 4 aromatic carbocycles. The molecule has 0 heterocycles. The van der Waals surface area contributed by atoms with Crippen LogP contribution in [0.15, 0.2) is 91.0 Å². The van der Waals surface area contributed by atoms with Gasteiger partial charge in [0.1, 0.15) is 0 Å². The fourth-order valence-electron chi connectivity index (χ4n) is 3.87. The zero-order valence-corrected chi connectivity index (χ0v) is 18.1. The number of anilines is 2. The van der Waals surface area contributed by atoms with Gasteiger partial charge in [-0.05, 0) is 71.5 Å². The zero-order valence-electron chi connectivity index (χ0n) is 17.3. The fraction of sp³-hybridized carbons (Fsp3) is 0.115. The smallest absolute Gasteiger partial charge is 0.335 e. The first-order chi connectivity index (χ1) is 15.5. The maximum absolute atomic E-state index is 12.3. The summed E-state index contributed by atoms with van der Waals surface area (Å²) in [4.78, 5) is 11.2. The maximum Gasteiger partial charge on any atom is 0.335 e. The highest BCUT2D eigenvalue weighted by Gasteiger charge is 2.15. The van der Waals surface area contributed by atoms with Gasteiger partial charge >= 0.3 is 5.97 Å². The number of carboxylic acids is 1. The van der Waals surface area contributed by atoms with Gasteiger partial charge < -0.3 is 9.66 Å². The third-order valence-electron chi connectivity index (χ3n) is 5.41. The SMILES string of the molecule is O=C(O)c1cccc(CCCc2ccccc2N(c2ccc3ccccc3c2)S(=O)[O-])c1. The van der Waals surface area contributed by atoms with E-state index in [1.165, 1.54) is 4.31 Å². The van der Waals surface area contributed by atoms with Crippen molar-refractivity contribution < 1.29 is 18.7 Å². The lowest BCUT2D eigenvalue weighted by Gasteiger charge is -2.29. The van der Waals surface area contributed by atoms with Crippen LogP contribution in [-0.4, -0.2) is 19.8 Å². The van der Waals surface area contributed by atoms with Gasteiger partial charge in [-0.15, -0.1) is 0 Å². The average molecular weight is 445 g/mol. The van der Waals surface area contributed by atoms with E-state index in [0.717, 1.165) is 28.3 Å². The Morgan fingerprint density at radius 1 is 0.844 bits per heavy atom. The Morgan fingerprint density at radius 3 is 2.38 bits per heavy atom. The molecule has 0 radical (unpaired) electrons. The molecule has 0 amide bonds. The molecule has 32 heavy (non-hydrogen) atoms. The predicted octanol–water partition coefficient (Wildman–Crippen LogP) is 5.65. The van der Waals surface area contributed by atoms with Crippen LogP contribution in [0.2, 0.25) is 0 Å². The van der Waals surface area contributed by atoms with Crippen molar-refractivity contribution in [2.24, 2.45) is 0 Å². The summed E-state index contributed by atoms with van der Waals surface area (Å²) in [5.41, 5.74) is 3.33. The molecule has 0 aromatic heterocycles. The Bertz CT molecular complexity index is 1290. The molecule has 0 saturated heterocycles. The van der Waals surface area contributed by atoms with Gasteiger partial charge in [0.2, 0.25) is 0 Å². The average Bonchev–Trinajstić information content (AvgIpc) is 2.80. The van der Waals surface area contributed by atoms with Crippen molar-refractivity contribution in [1.82, 2.24) is 0 Å². The molecule has 4 aromatic rings. The molecule has 6 heteroatoms. The molecule has 0 fully saturated rings. The molecular formula is C26H22NO4S-. The van der Waals surface area contributed by atoms with E-state index in [1.807, 2.05) is 72.8 Å². The van der Waals surface area contributed by atoms with Crippen molar-refractivity contribution in [3.8, 4) is 0 Å². The molecule has 5 nitrogen and oxygen atoms in total. The third-order valence-corrected chi connectivity index (χ3v) is 6.12. The lowest BCUT2D eigenvalue weighted by Crippen LogP contribution is -2.21. The van der Waals surface area contributed by atoms with Crippen LogP contribution in [-0.2, 0) is 24.1 Å². The summed E-state index contributed by atoms with van der Waals surface area (Å²) in [6.45, 7) is 0. The number of hydrogen-bond donors (Lipinski definition) is 1. The number of carboxylic acid groups (broad SMARTS) is 1. The standard InChI is InChI=1S/C26H23NO4S/c28-26(29)23-13-6-8-19(17-23)7-5-12-21-10-3-4-14-25(21)27(32(30)31)24-16-15-20-9-1-2-11-22(20)18-24/h1-4,6,8-11,13-18H,5,7,12H2,(H,28,29)(H,30,31)/p-1. The number of aromatic carboxylic acids is 1. The van der Waals surface area contributed by atoms with E-state index < -0.39 is 17.2 Å². The quantitative estimate of drug-likeness (QED) is 0.356. The molecule has 0 aliphatic heterocycles. The summed E-state index contributed by atoms with van der Waals surface area (Å²) in [5, 5.41) is 11.2. The number of benzene rings is 4. The third kappa shape index (κ3) is 4.88. The van der Waals surface area contributed by atoms with Crippen LogP contribution in [0.5, 0.6) is 0 Å². The lowest BCUT2D eigenvalue weighted by molar-refractivity contribution is 0.0696. The highest BCUT2D eigenvalue weighted by atomic mass is 32.2. The van der Waals surface area contributed by atoms with Crippen molar-refractivity contribution in [2.45, 2.75) is 19.3 Å². The second kappa shape index (κ2) is 9.77. The summed E-state index contributed by atoms with van der Waals surface area (Å²) >= 11 is -2.49. The molecule has 0 spiro atoms. The molecule has 1 atom stereocenters. The monoisotopic (exact) mass is 444 g/mol.